The zero-order chi connectivity index (χ0) is 25.1. The molecule has 2 saturated carbocycles. The molecule has 2 aromatic rings. The van der Waals surface area contributed by atoms with Crippen molar-refractivity contribution < 1.29 is 9.59 Å². The van der Waals surface area contributed by atoms with E-state index in [-0.39, 0.29) is 11.5 Å². The van der Waals surface area contributed by atoms with Crippen LogP contribution in [0.4, 0.5) is 0 Å². The third kappa shape index (κ3) is 6.26. The smallest absolute Gasteiger partial charge is 0.226 e. The molecule has 0 bridgehead atoms. The first-order chi connectivity index (χ1) is 17.4. The lowest BCUT2D eigenvalue weighted by molar-refractivity contribution is -0.131. The number of likely N-dealkylation sites (tertiary alicyclic amines) is 2. The number of ketones is 1. The second-order valence-electron chi connectivity index (χ2n) is 12.1. The summed E-state index contributed by atoms with van der Waals surface area (Å²) in [6.07, 6.45) is 8.69. The Morgan fingerprint density at radius 3 is 1.89 bits per heavy atom. The Morgan fingerprint density at radius 1 is 0.750 bits per heavy atom. The molecule has 0 radical (unpaired) electrons. The average molecular weight is 487 g/mol. The Balaban J connectivity index is 0.000000149. The molecule has 4 heteroatoms. The molecular weight excluding hydrogens is 444 g/mol. The van der Waals surface area contributed by atoms with E-state index in [0.29, 0.717) is 24.2 Å². The Morgan fingerprint density at radius 2 is 1.31 bits per heavy atom. The van der Waals surface area contributed by atoms with Crippen LogP contribution >= 0.6 is 0 Å². The zero-order valence-electron chi connectivity index (χ0n) is 22.1. The molecule has 2 heterocycles. The van der Waals surface area contributed by atoms with Crippen LogP contribution in [-0.4, -0.2) is 40.1 Å². The van der Waals surface area contributed by atoms with Gasteiger partial charge in [0.25, 0.3) is 0 Å². The summed E-state index contributed by atoms with van der Waals surface area (Å²) >= 11 is 0. The second-order valence-corrected chi connectivity index (χ2v) is 12.1. The molecule has 0 aromatic heterocycles. The number of rotatable bonds is 8. The van der Waals surface area contributed by atoms with Gasteiger partial charge in [-0.3, -0.25) is 14.5 Å². The summed E-state index contributed by atoms with van der Waals surface area (Å²) in [6.45, 7) is 7.74. The van der Waals surface area contributed by atoms with Gasteiger partial charge in [-0.05, 0) is 56.1 Å². The van der Waals surface area contributed by atoms with Crippen molar-refractivity contribution in [1.82, 2.24) is 9.80 Å². The predicted octanol–water partition coefficient (Wildman–Crippen LogP) is 6.10. The van der Waals surface area contributed by atoms with Gasteiger partial charge in [-0.1, -0.05) is 86.3 Å². The second kappa shape index (κ2) is 10.9. The summed E-state index contributed by atoms with van der Waals surface area (Å²) in [5.41, 5.74) is 2.55. The molecular formula is C32H42N2O2. The lowest BCUT2D eigenvalue weighted by Gasteiger charge is -2.35. The van der Waals surface area contributed by atoms with Crippen molar-refractivity contribution in [3.8, 4) is 0 Å². The van der Waals surface area contributed by atoms with Crippen LogP contribution in [0.5, 0.6) is 0 Å². The lowest BCUT2D eigenvalue weighted by Crippen LogP contribution is -2.42. The molecule has 2 unspecified atom stereocenters. The fraction of sp³-hybridized carbons (Fsp3) is 0.562. The topological polar surface area (TPSA) is 40.6 Å². The van der Waals surface area contributed by atoms with Crippen molar-refractivity contribution >= 4 is 11.7 Å². The molecule has 192 valence electrons. The molecule has 6 rings (SSSR count). The van der Waals surface area contributed by atoms with E-state index in [0.717, 1.165) is 50.7 Å². The van der Waals surface area contributed by atoms with Gasteiger partial charge in [-0.2, -0.15) is 0 Å². The van der Waals surface area contributed by atoms with Crippen LogP contribution in [0.15, 0.2) is 60.7 Å². The van der Waals surface area contributed by atoms with Gasteiger partial charge >= 0.3 is 0 Å². The van der Waals surface area contributed by atoms with Crippen LogP contribution in [0.25, 0.3) is 0 Å². The fourth-order valence-electron chi connectivity index (χ4n) is 6.03. The maximum Gasteiger partial charge on any atom is 0.226 e. The molecule has 4 nitrogen and oxygen atoms in total. The highest BCUT2D eigenvalue weighted by Gasteiger charge is 2.48. The summed E-state index contributed by atoms with van der Waals surface area (Å²) < 4.78 is 0. The Hall–Kier alpha value is -2.46. The molecule has 2 aliphatic heterocycles. The average Bonchev–Trinajstić information content (AvgIpc) is 3.80. The number of hydrogen-bond donors (Lipinski definition) is 0. The first-order valence-electron chi connectivity index (χ1n) is 14.0. The molecule has 36 heavy (non-hydrogen) atoms. The minimum absolute atomic E-state index is 0.00944. The third-order valence-electron chi connectivity index (χ3n) is 8.82. The van der Waals surface area contributed by atoms with Crippen LogP contribution in [0.3, 0.4) is 0 Å². The first kappa shape index (κ1) is 25.2. The summed E-state index contributed by atoms with van der Waals surface area (Å²) in [5.74, 6) is 3.09. The molecule has 4 fully saturated rings. The molecule has 1 amide bonds. The van der Waals surface area contributed by atoms with Crippen LogP contribution in [0.2, 0.25) is 0 Å². The number of carbonyl (C=O) groups excluding carboxylic acids is 2. The molecule has 0 spiro atoms. The highest BCUT2D eigenvalue weighted by Crippen LogP contribution is 2.43. The fourth-order valence-corrected chi connectivity index (χ4v) is 6.03. The SMILES string of the molecule is CC1(C)C(CC2CC2)C(=O)CN1Cc1ccccc1.O=C1C(CC2CC2)CCN1Cc1ccccc1. The lowest BCUT2D eigenvalue weighted by atomic mass is 9.83. The van der Waals surface area contributed by atoms with E-state index >= 15 is 0 Å². The Kier molecular flexibility index (Phi) is 7.62. The van der Waals surface area contributed by atoms with Crippen molar-refractivity contribution in [1.29, 1.82) is 0 Å². The summed E-state index contributed by atoms with van der Waals surface area (Å²) in [5, 5.41) is 0. The zero-order valence-corrected chi connectivity index (χ0v) is 22.1. The maximum absolute atomic E-state index is 12.3. The summed E-state index contributed by atoms with van der Waals surface area (Å²) in [4.78, 5) is 28.9. The van der Waals surface area contributed by atoms with E-state index in [4.69, 9.17) is 0 Å². The maximum atomic E-state index is 12.3. The molecule has 2 aromatic carbocycles. The van der Waals surface area contributed by atoms with Crippen LogP contribution in [0.1, 0.15) is 69.9 Å². The van der Waals surface area contributed by atoms with Gasteiger partial charge in [-0.15, -0.1) is 0 Å². The standard InChI is InChI=1S/C17H23NO.C15H19NO/c1-17(2)15(10-13-8-9-13)16(19)12-18(17)11-14-6-4-3-5-7-14;17-15-14(10-12-6-7-12)8-9-16(15)11-13-4-2-1-3-5-13/h3-7,13,15H,8-12H2,1-2H3;1-5,12,14H,6-11H2. The number of benzene rings is 2. The van der Waals surface area contributed by atoms with E-state index in [2.05, 4.69) is 55.1 Å². The van der Waals surface area contributed by atoms with Crippen molar-refractivity contribution in [3.63, 3.8) is 0 Å². The van der Waals surface area contributed by atoms with Crippen LogP contribution < -0.4 is 0 Å². The molecule has 2 aliphatic carbocycles. The number of hydrogen-bond acceptors (Lipinski definition) is 3. The van der Waals surface area contributed by atoms with Crippen molar-refractivity contribution in [2.45, 2.75) is 77.4 Å². The minimum atomic E-state index is 0.00944. The summed E-state index contributed by atoms with van der Waals surface area (Å²) in [6, 6.07) is 20.8. The summed E-state index contributed by atoms with van der Waals surface area (Å²) in [7, 11) is 0. The molecule has 2 saturated heterocycles. The van der Waals surface area contributed by atoms with Crippen molar-refractivity contribution in [2.24, 2.45) is 23.7 Å². The van der Waals surface area contributed by atoms with Gasteiger partial charge in [-0.25, -0.2) is 0 Å². The monoisotopic (exact) mass is 486 g/mol. The molecule has 2 atom stereocenters. The van der Waals surface area contributed by atoms with E-state index in [1.54, 1.807) is 0 Å². The van der Waals surface area contributed by atoms with Crippen LogP contribution in [0, 0.1) is 23.7 Å². The normalized spacial score (nSPS) is 25.7. The van der Waals surface area contributed by atoms with Gasteiger partial charge in [0, 0.05) is 37.0 Å². The highest BCUT2D eigenvalue weighted by atomic mass is 16.2. The Labute approximate surface area is 217 Å². The van der Waals surface area contributed by atoms with Crippen molar-refractivity contribution in [3.05, 3.63) is 71.8 Å². The largest absolute Gasteiger partial charge is 0.338 e. The quantitative estimate of drug-likeness (QED) is 0.453. The highest BCUT2D eigenvalue weighted by molar-refractivity contribution is 5.86. The molecule has 0 N–H and O–H groups in total. The van der Waals surface area contributed by atoms with Crippen molar-refractivity contribution in [2.75, 3.05) is 13.1 Å². The third-order valence-corrected chi connectivity index (χ3v) is 8.82. The number of amides is 1. The van der Waals surface area contributed by atoms with E-state index in [9.17, 15) is 9.59 Å². The predicted molar refractivity (Wildman–Crippen MR) is 144 cm³/mol. The van der Waals surface area contributed by atoms with Gasteiger partial charge in [0.05, 0.1) is 6.54 Å². The molecule has 4 aliphatic rings. The number of Topliss-reactive ketones (excluding diaryl/α,β-unsaturated/α-hetero) is 1. The minimum Gasteiger partial charge on any atom is -0.338 e. The Bertz CT molecular complexity index is 1030. The van der Waals surface area contributed by atoms with Gasteiger partial charge in [0.2, 0.25) is 5.91 Å². The number of carbonyl (C=O) groups is 2. The van der Waals surface area contributed by atoms with Gasteiger partial charge in [0.1, 0.15) is 0 Å². The number of nitrogens with zero attached hydrogens (tertiary/aromatic N) is 2. The van der Waals surface area contributed by atoms with E-state index in [1.807, 2.05) is 29.2 Å². The first-order valence-corrected chi connectivity index (χ1v) is 14.0. The van der Waals surface area contributed by atoms with E-state index in [1.165, 1.54) is 36.8 Å². The van der Waals surface area contributed by atoms with Gasteiger partial charge in [0.15, 0.2) is 5.78 Å². The van der Waals surface area contributed by atoms with E-state index < -0.39 is 0 Å². The van der Waals surface area contributed by atoms with Crippen LogP contribution in [-0.2, 0) is 22.7 Å². The van der Waals surface area contributed by atoms with Gasteiger partial charge < -0.3 is 4.90 Å².